The van der Waals surface area contributed by atoms with Crippen molar-refractivity contribution in [3.63, 3.8) is 0 Å². The minimum absolute atomic E-state index is 0.0288. The number of nitrogens with zero attached hydrogens (tertiary/aromatic N) is 4. The van der Waals surface area contributed by atoms with Crippen LogP contribution in [0.4, 0.5) is 16.2 Å². The molecule has 0 aromatic heterocycles. The van der Waals surface area contributed by atoms with Crippen molar-refractivity contribution >= 4 is 41.2 Å². The highest BCUT2D eigenvalue weighted by atomic mass is 16.6. The minimum Gasteiger partial charge on any atom is -0.367 e. The Labute approximate surface area is 197 Å². The van der Waals surface area contributed by atoms with Gasteiger partial charge in [-0.1, -0.05) is 26.2 Å². The van der Waals surface area contributed by atoms with Gasteiger partial charge in [-0.2, -0.15) is 0 Å². The van der Waals surface area contributed by atoms with Crippen molar-refractivity contribution in [1.82, 2.24) is 15.1 Å². The number of unbranched alkanes of at least 4 members (excludes halogenated alkanes) is 3. The number of barbiturate groups is 1. The maximum atomic E-state index is 13.0. The summed E-state index contributed by atoms with van der Waals surface area (Å²) >= 11 is 0. The number of non-ortho nitro benzene ring substituents is 1. The number of nitrogens with one attached hydrogen (secondary N) is 1. The summed E-state index contributed by atoms with van der Waals surface area (Å²) in [5.41, 5.74) is 0.492. The molecule has 0 bridgehead atoms. The van der Waals surface area contributed by atoms with Gasteiger partial charge in [0, 0.05) is 63.0 Å². The van der Waals surface area contributed by atoms with Crippen molar-refractivity contribution in [1.29, 1.82) is 0 Å². The lowest BCUT2D eigenvalue weighted by atomic mass is 10.0. The van der Waals surface area contributed by atoms with Crippen LogP contribution < -0.4 is 10.2 Å². The Morgan fingerprint density at radius 3 is 2.44 bits per heavy atom. The number of imide groups is 2. The average molecular weight is 472 g/mol. The number of amides is 5. The molecule has 2 aliphatic heterocycles. The zero-order chi connectivity index (χ0) is 24.8. The molecule has 11 nitrogen and oxygen atoms in total. The van der Waals surface area contributed by atoms with Crippen LogP contribution in [0.2, 0.25) is 0 Å². The molecule has 0 atom stereocenters. The van der Waals surface area contributed by atoms with Crippen molar-refractivity contribution in [3.05, 3.63) is 39.4 Å². The van der Waals surface area contributed by atoms with Gasteiger partial charge in [0.15, 0.2) is 0 Å². The summed E-state index contributed by atoms with van der Waals surface area (Å²) in [6.07, 6.45) is 4.75. The first kappa shape index (κ1) is 24.9. The fraction of sp³-hybridized carbons (Fsp3) is 0.478. The van der Waals surface area contributed by atoms with E-state index in [2.05, 4.69) is 12.2 Å². The van der Waals surface area contributed by atoms with Crippen LogP contribution in [0.1, 0.15) is 45.1 Å². The van der Waals surface area contributed by atoms with E-state index >= 15 is 0 Å². The smallest absolute Gasteiger partial charge is 0.331 e. The molecule has 1 N–H and O–H groups in total. The number of rotatable bonds is 8. The number of hydrogen-bond acceptors (Lipinski definition) is 7. The van der Waals surface area contributed by atoms with Crippen molar-refractivity contribution in [2.75, 3.05) is 37.6 Å². The Balaban J connectivity index is 1.92. The standard InChI is InChI=1S/C23H29N5O6/c1-3-4-5-6-9-27-22(31)19(21(30)24-23(27)32)15-17-14-18(28(33)34)7-8-20(17)26-12-10-25(11-13-26)16(2)29/h7-8,14-15H,3-6,9-13H2,1-2H3,(H,24,30,32)/b19-15-. The minimum atomic E-state index is -0.835. The van der Waals surface area contributed by atoms with Gasteiger partial charge >= 0.3 is 6.03 Å². The molecule has 3 rings (SSSR count). The molecule has 0 saturated carbocycles. The molecule has 2 fully saturated rings. The lowest BCUT2D eigenvalue weighted by Crippen LogP contribution is -2.54. The van der Waals surface area contributed by atoms with Gasteiger partial charge in [-0.3, -0.25) is 34.7 Å². The number of urea groups is 1. The van der Waals surface area contributed by atoms with E-state index in [4.69, 9.17) is 0 Å². The van der Waals surface area contributed by atoms with E-state index in [9.17, 15) is 29.3 Å². The van der Waals surface area contributed by atoms with E-state index in [1.54, 1.807) is 11.0 Å². The van der Waals surface area contributed by atoms with Crippen molar-refractivity contribution < 1.29 is 24.1 Å². The third kappa shape index (κ3) is 5.59. The van der Waals surface area contributed by atoms with Crippen molar-refractivity contribution in [3.8, 4) is 0 Å². The number of nitro benzene ring substituents is 1. The van der Waals surface area contributed by atoms with Crippen molar-refractivity contribution in [2.45, 2.75) is 39.5 Å². The first-order valence-corrected chi connectivity index (χ1v) is 11.4. The molecule has 34 heavy (non-hydrogen) atoms. The van der Waals surface area contributed by atoms with Crippen molar-refractivity contribution in [2.24, 2.45) is 0 Å². The van der Waals surface area contributed by atoms with Gasteiger partial charge in [-0.05, 0) is 18.6 Å². The summed E-state index contributed by atoms with van der Waals surface area (Å²) in [4.78, 5) is 64.9. The predicted octanol–water partition coefficient (Wildman–Crippen LogP) is 2.31. The number of carbonyl (C=O) groups is 4. The number of anilines is 1. The number of benzene rings is 1. The van der Waals surface area contributed by atoms with E-state index in [1.807, 2.05) is 4.90 Å². The van der Waals surface area contributed by atoms with Gasteiger partial charge < -0.3 is 9.80 Å². The molecule has 1 aromatic carbocycles. The van der Waals surface area contributed by atoms with E-state index in [-0.39, 0.29) is 23.7 Å². The second-order valence-electron chi connectivity index (χ2n) is 8.33. The van der Waals surface area contributed by atoms with E-state index in [0.29, 0.717) is 43.9 Å². The second kappa shape index (κ2) is 10.9. The molecular weight excluding hydrogens is 442 g/mol. The molecule has 2 aliphatic rings. The van der Waals surface area contributed by atoms with E-state index in [0.717, 1.165) is 24.2 Å². The van der Waals surface area contributed by atoms with Crippen LogP contribution >= 0.6 is 0 Å². The maximum absolute atomic E-state index is 13.0. The average Bonchev–Trinajstić information content (AvgIpc) is 2.81. The van der Waals surface area contributed by atoms with Gasteiger partial charge in [0.05, 0.1) is 4.92 Å². The molecule has 0 radical (unpaired) electrons. The Morgan fingerprint density at radius 1 is 1.12 bits per heavy atom. The lowest BCUT2D eigenvalue weighted by Gasteiger charge is -2.36. The van der Waals surface area contributed by atoms with Gasteiger partial charge in [0.1, 0.15) is 5.57 Å². The fourth-order valence-corrected chi connectivity index (χ4v) is 4.07. The molecule has 2 heterocycles. The monoisotopic (exact) mass is 471 g/mol. The van der Waals surface area contributed by atoms with Crippen LogP contribution in [0.3, 0.4) is 0 Å². The van der Waals surface area contributed by atoms with E-state index in [1.165, 1.54) is 25.1 Å². The lowest BCUT2D eigenvalue weighted by molar-refractivity contribution is -0.384. The van der Waals surface area contributed by atoms with E-state index < -0.39 is 22.8 Å². The second-order valence-corrected chi connectivity index (χ2v) is 8.33. The van der Waals surface area contributed by atoms with Gasteiger partial charge in [0.2, 0.25) is 5.91 Å². The first-order chi connectivity index (χ1) is 16.2. The van der Waals surface area contributed by atoms with Gasteiger partial charge in [0.25, 0.3) is 17.5 Å². The largest absolute Gasteiger partial charge is 0.367 e. The highest BCUT2D eigenvalue weighted by molar-refractivity contribution is 6.31. The normalized spacial score (nSPS) is 17.9. The third-order valence-electron chi connectivity index (χ3n) is 6.01. The zero-order valence-electron chi connectivity index (χ0n) is 19.4. The molecule has 0 unspecified atom stereocenters. The molecule has 2 saturated heterocycles. The third-order valence-corrected chi connectivity index (χ3v) is 6.01. The molecule has 0 aliphatic carbocycles. The zero-order valence-corrected chi connectivity index (χ0v) is 19.4. The molecule has 0 spiro atoms. The summed E-state index contributed by atoms with van der Waals surface area (Å²) < 4.78 is 0. The molecular formula is C23H29N5O6. The number of nitro groups is 1. The Hall–Kier alpha value is -3.76. The Bertz CT molecular complexity index is 1030. The molecule has 11 heteroatoms. The number of carbonyl (C=O) groups excluding carboxylic acids is 4. The topological polar surface area (TPSA) is 133 Å². The quantitative estimate of drug-likeness (QED) is 0.202. The van der Waals surface area contributed by atoms with Crippen LogP contribution in [0.25, 0.3) is 6.08 Å². The summed E-state index contributed by atoms with van der Waals surface area (Å²) in [6.45, 7) is 5.70. The summed E-state index contributed by atoms with van der Waals surface area (Å²) in [5.74, 6) is -1.58. The predicted molar refractivity (Wildman–Crippen MR) is 125 cm³/mol. The van der Waals surface area contributed by atoms with Gasteiger partial charge in [-0.15, -0.1) is 0 Å². The Kier molecular flexibility index (Phi) is 7.98. The number of hydrogen-bond donors (Lipinski definition) is 1. The van der Waals surface area contributed by atoms with Crippen LogP contribution in [-0.4, -0.2) is 71.2 Å². The maximum Gasteiger partial charge on any atom is 0.331 e. The Morgan fingerprint density at radius 2 is 1.82 bits per heavy atom. The van der Waals surface area contributed by atoms with Crippen LogP contribution in [0, 0.1) is 10.1 Å². The highest BCUT2D eigenvalue weighted by Gasteiger charge is 2.35. The molecule has 1 aromatic rings. The van der Waals surface area contributed by atoms with Gasteiger partial charge in [-0.25, -0.2) is 4.79 Å². The summed E-state index contributed by atoms with van der Waals surface area (Å²) in [6, 6.07) is 3.49. The molecule has 182 valence electrons. The fourth-order valence-electron chi connectivity index (χ4n) is 4.07. The van der Waals surface area contributed by atoms with Crippen LogP contribution in [-0.2, 0) is 14.4 Å². The highest BCUT2D eigenvalue weighted by Crippen LogP contribution is 2.29. The summed E-state index contributed by atoms with van der Waals surface area (Å²) in [5, 5.41) is 13.6. The summed E-state index contributed by atoms with van der Waals surface area (Å²) in [7, 11) is 0. The number of piperazine rings is 1. The van der Waals surface area contributed by atoms with Crippen LogP contribution in [0.5, 0.6) is 0 Å². The first-order valence-electron chi connectivity index (χ1n) is 11.4. The molecule has 5 amide bonds. The van der Waals surface area contributed by atoms with Crippen LogP contribution in [0.15, 0.2) is 23.8 Å². The SMILES string of the molecule is CCCCCCN1C(=O)NC(=O)/C(=C/c2cc([N+](=O)[O-])ccc2N2CCN(C(C)=O)CC2)C1=O.